The van der Waals surface area contributed by atoms with Gasteiger partial charge in [0.05, 0.1) is 0 Å². The molecule has 0 saturated carbocycles. The Balaban J connectivity index is 1.55. The van der Waals surface area contributed by atoms with E-state index in [2.05, 4.69) is 58.2 Å². The van der Waals surface area contributed by atoms with Gasteiger partial charge in [0.2, 0.25) is 5.88 Å². The molecule has 27 heavy (non-hydrogen) atoms. The van der Waals surface area contributed by atoms with E-state index in [1.165, 1.54) is 24.0 Å². The summed E-state index contributed by atoms with van der Waals surface area (Å²) in [6.07, 6.45) is 10.5. The van der Waals surface area contributed by atoms with Crippen LogP contribution in [0.3, 0.4) is 0 Å². The molecular formula is C23H31N3O. The largest absolute Gasteiger partial charge is 0.471 e. The number of ether oxygens (including phenoxy) is 1. The molecule has 1 aliphatic rings. The zero-order valence-corrected chi connectivity index (χ0v) is 17.0. The Bertz CT molecular complexity index is 771. The van der Waals surface area contributed by atoms with Gasteiger partial charge in [0, 0.05) is 18.9 Å². The van der Waals surface area contributed by atoms with E-state index in [-0.39, 0.29) is 5.60 Å². The first kappa shape index (κ1) is 19.6. The lowest BCUT2D eigenvalue weighted by Gasteiger charge is -2.31. The van der Waals surface area contributed by atoms with Gasteiger partial charge in [-0.2, -0.15) is 0 Å². The molecule has 1 saturated heterocycles. The van der Waals surface area contributed by atoms with E-state index in [0.717, 1.165) is 25.3 Å². The van der Waals surface area contributed by atoms with Gasteiger partial charge >= 0.3 is 0 Å². The lowest BCUT2D eigenvalue weighted by atomic mass is 9.95. The monoisotopic (exact) mass is 365 g/mol. The van der Waals surface area contributed by atoms with Crippen LogP contribution >= 0.6 is 0 Å². The zero-order valence-electron chi connectivity index (χ0n) is 17.0. The highest BCUT2D eigenvalue weighted by Crippen LogP contribution is 2.24. The van der Waals surface area contributed by atoms with E-state index in [0.29, 0.717) is 11.8 Å². The molecule has 144 valence electrons. The van der Waals surface area contributed by atoms with Gasteiger partial charge in [-0.15, -0.1) is 0 Å². The van der Waals surface area contributed by atoms with E-state index in [1.54, 1.807) is 12.4 Å². The summed E-state index contributed by atoms with van der Waals surface area (Å²) >= 11 is 0. The Labute approximate surface area is 163 Å². The first-order valence-corrected chi connectivity index (χ1v) is 9.86. The van der Waals surface area contributed by atoms with E-state index >= 15 is 0 Å². The standard InChI is InChI=1S/C23H31N3O/c1-18-7-5-6-8-20(18)10-9-19-11-15-26(16-12-19)17-21-22(25-14-13-24-21)27-23(2,3)4/h5-10,13-14,19H,11-12,15-17H2,1-4H3/b10-9+. The summed E-state index contributed by atoms with van der Waals surface area (Å²) in [5.74, 6) is 1.31. The summed E-state index contributed by atoms with van der Waals surface area (Å²) in [5.41, 5.74) is 3.32. The summed E-state index contributed by atoms with van der Waals surface area (Å²) in [7, 11) is 0. The van der Waals surface area contributed by atoms with Gasteiger partial charge < -0.3 is 4.74 Å². The van der Waals surface area contributed by atoms with Crippen LogP contribution in [0, 0.1) is 12.8 Å². The normalized spacial score (nSPS) is 16.7. The van der Waals surface area contributed by atoms with Crippen molar-refractivity contribution >= 4 is 6.08 Å². The molecule has 0 unspecified atom stereocenters. The quantitative estimate of drug-likeness (QED) is 0.756. The smallest absolute Gasteiger partial charge is 0.237 e. The number of hydrogen-bond donors (Lipinski definition) is 0. The molecule has 0 amide bonds. The number of piperidine rings is 1. The van der Waals surface area contributed by atoms with Crippen molar-refractivity contribution in [2.45, 2.75) is 52.7 Å². The fourth-order valence-electron chi connectivity index (χ4n) is 3.37. The Kier molecular flexibility index (Phi) is 6.27. The van der Waals surface area contributed by atoms with E-state index in [4.69, 9.17) is 4.74 Å². The molecule has 0 atom stereocenters. The van der Waals surface area contributed by atoms with Crippen molar-refractivity contribution in [2.75, 3.05) is 13.1 Å². The number of likely N-dealkylation sites (tertiary alicyclic amines) is 1. The minimum atomic E-state index is -0.266. The van der Waals surface area contributed by atoms with E-state index in [9.17, 15) is 0 Å². The number of aryl methyl sites for hydroxylation is 1. The molecule has 1 aromatic heterocycles. The van der Waals surface area contributed by atoms with Gasteiger partial charge in [-0.3, -0.25) is 9.88 Å². The predicted octanol–water partition coefficient (Wildman–Crippen LogP) is 4.89. The number of aromatic nitrogens is 2. The summed E-state index contributed by atoms with van der Waals surface area (Å²) < 4.78 is 5.98. The van der Waals surface area contributed by atoms with Gasteiger partial charge in [0.15, 0.2) is 0 Å². The van der Waals surface area contributed by atoms with Crippen molar-refractivity contribution in [3.8, 4) is 5.88 Å². The van der Waals surface area contributed by atoms with Gasteiger partial charge in [-0.1, -0.05) is 36.4 Å². The average Bonchev–Trinajstić information content (AvgIpc) is 2.63. The fourth-order valence-corrected chi connectivity index (χ4v) is 3.37. The molecule has 1 fully saturated rings. The second-order valence-electron chi connectivity index (χ2n) is 8.35. The third-order valence-corrected chi connectivity index (χ3v) is 4.88. The maximum absolute atomic E-state index is 5.98. The third kappa shape index (κ3) is 5.90. The van der Waals surface area contributed by atoms with Crippen LogP contribution in [0.2, 0.25) is 0 Å². The number of hydrogen-bond acceptors (Lipinski definition) is 4. The first-order chi connectivity index (χ1) is 12.9. The molecule has 0 bridgehead atoms. The van der Waals surface area contributed by atoms with Crippen molar-refractivity contribution in [3.63, 3.8) is 0 Å². The fraction of sp³-hybridized carbons (Fsp3) is 0.478. The molecule has 1 aliphatic heterocycles. The molecule has 4 nitrogen and oxygen atoms in total. The molecule has 4 heteroatoms. The molecule has 1 aromatic carbocycles. The summed E-state index contributed by atoms with van der Waals surface area (Å²) in [4.78, 5) is 11.4. The predicted molar refractivity (Wildman–Crippen MR) is 111 cm³/mol. The molecule has 2 heterocycles. The van der Waals surface area contributed by atoms with Crippen molar-refractivity contribution in [3.05, 3.63) is 59.6 Å². The Hall–Kier alpha value is -2.20. The van der Waals surface area contributed by atoms with Crippen LogP contribution in [0.1, 0.15) is 50.4 Å². The number of allylic oxidation sites excluding steroid dienone is 1. The van der Waals surface area contributed by atoms with Crippen LogP contribution in [0.25, 0.3) is 6.08 Å². The van der Waals surface area contributed by atoms with Crippen LogP contribution in [-0.4, -0.2) is 33.6 Å². The highest BCUT2D eigenvalue weighted by molar-refractivity contribution is 5.53. The second kappa shape index (κ2) is 8.66. The molecular weight excluding hydrogens is 334 g/mol. The van der Waals surface area contributed by atoms with Crippen LogP contribution < -0.4 is 4.74 Å². The molecule has 3 rings (SSSR count). The lowest BCUT2D eigenvalue weighted by Crippen LogP contribution is -2.33. The molecule has 0 radical (unpaired) electrons. The highest BCUT2D eigenvalue weighted by Gasteiger charge is 2.21. The average molecular weight is 366 g/mol. The van der Waals surface area contributed by atoms with Crippen LogP contribution in [0.5, 0.6) is 5.88 Å². The van der Waals surface area contributed by atoms with Crippen molar-refractivity contribution in [1.29, 1.82) is 0 Å². The second-order valence-corrected chi connectivity index (χ2v) is 8.35. The third-order valence-electron chi connectivity index (χ3n) is 4.88. The van der Waals surface area contributed by atoms with E-state index in [1.807, 2.05) is 20.8 Å². The maximum Gasteiger partial charge on any atom is 0.237 e. The van der Waals surface area contributed by atoms with Crippen molar-refractivity contribution < 1.29 is 4.74 Å². The van der Waals surface area contributed by atoms with Crippen LogP contribution in [-0.2, 0) is 6.54 Å². The molecule has 2 aromatic rings. The van der Waals surface area contributed by atoms with E-state index < -0.39 is 0 Å². The van der Waals surface area contributed by atoms with Gasteiger partial charge in [-0.05, 0) is 70.7 Å². The summed E-state index contributed by atoms with van der Waals surface area (Å²) in [5, 5.41) is 0. The minimum Gasteiger partial charge on any atom is -0.471 e. The number of nitrogens with zero attached hydrogens (tertiary/aromatic N) is 3. The first-order valence-electron chi connectivity index (χ1n) is 9.86. The minimum absolute atomic E-state index is 0.266. The van der Waals surface area contributed by atoms with Crippen LogP contribution in [0.4, 0.5) is 0 Å². The molecule has 0 spiro atoms. The topological polar surface area (TPSA) is 38.2 Å². The van der Waals surface area contributed by atoms with Crippen LogP contribution in [0.15, 0.2) is 42.7 Å². The van der Waals surface area contributed by atoms with Crippen molar-refractivity contribution in [1.82, 2.24) is 14.9 Å². The zero-order chi connectivity index (χ0) is 19.3. The number of rotatable bonds is 5. The van der Waals surface area contributed by atoms with Crippen molar-refractivity contribution in [2.24, 2.45) is 5.92 Å². The number of benzene rings is 1. The SMILES string of the molecule is Cc1ccccc1/C=C/C1CCN(Cc2nccnc2OC(C)(C)C)CC1. The Morgan fingerprint density at radius 1 is 1.11 bits per heavy atom. The Morgan fingerprint density at radius 3 is 2.52 bits per heavy atom. The van der Waals surface area contributed by atoms with Gasteiger partial charge in [-0.25, -0.2) is 4.98 Å². The maximum atomic E-state index is 5.98. The molecule has 0 N–H and O–H groups in total. The van der Waals surface area contributed by atoms with Gasteiger partial charge in [0.1, 0.15) is 11.3 Å². The lowest BCUT2D eigenvalue weighted by molar-refractivity contribution is 0.117. The highest BCUT2D eigenvalue weighted by atomic mass is 16.5. The molecule has 0 aliphatic carbocycles. The van der Waals surface area contributed by atoms with Gasteiger partial charge in [0.25, 0.3) is 0 Å². The summed E-state index contributed by atoms with van der Waals surface area (Å²) in [6.45, 7) is 11.2. The Morgan fingerprint density at radius 2 is 1.81 bits per heavy atom. The summed E-state index contributed by atoms with van der Waals surface area (Å²) in [6, 6.07) is 8.55.